The number of nitrogens with one attached hydrogen (secondary N) is 2. The van der Waals surface area contributed by atoms with E-state index in [1.165, 1.54) is 12.1 Å². The molecule has 1 amide bonds. The van der Waals surface area contributed by atoms with Gasteiger partial charge in [-0.25, -0.2) is 14.2 Å². The van der Waals surface area contributed by atoms with Gasteiger partial charge in [-0.3, -0.25) is 4.90 Å². The Hall–Kier alpha value is -3.95. The summed E-state index contributed by atoms with van der Waals surface area (Å²) < 4.78 is 20.4. The Morgan fingerprint density at radius 3 is 2.73 bits per heavy atom. The number of halogens is 1. The van der Waals surface area contributed by atoms with Crippen molar-refractivity contribution < 1.29 is 13.9 Å². The number of hydrogen-bond donors (Lipinski definition) is 2. The molecule has 5 rings (SSSR count). The highest BCUT2D eigenvalue weighted by Crippen LogP contribution is 2.32. The van der Waals surface area contributed by atoms with Crippen LogP contribution >= 0.6 is 0 Å². The Balaban J connectivity index is 1.44. The first kappa shape index (κ1) is 20.9. The summed E-state index contributed by atoms with van der Waals surface area (Å²) in [6.45, 7) is 6.37. The van der Waals surface area contributed by atoms with Gasteiger partial charge in [-0.05, 0) is 43.2 Å². The van der Waals surface area contributed by atoms with E-state index in [9.17, 15) is 9.18 Å². The van der Waals surface area contributed by atoms with Crippen molar-refractivity contribution in [3.63, 3.8) is 0 Å². The van der Waals surface area contributed by atoms with Gasteiger partial charge in [-0.1, -0.05) is 13.8 Å². The molecular weight excluding hydrogens is 425 g/mol. The second-order valence-corrected chi connectivity index (χ2v) is 8.42. The summed E-state index contributed by atoms with van der Waals surface area (Å²) in [5.41, 5.74) is 2.19. The van der Waals surface area contributed by atoms with Gasteiger partial charge in [-0.2, -0.15) is 9.97 Å². The van der Waals surface area contributed by atoms with Gasteiger partial charge in [0.15, 0.2) is 5.82 Å². The zero-order valence-electron chi connectivity index (χ0n) is 18.5. The average Bonchev–Trinajstić information content (AvgIpc) is 3.53. The monoisotopic (exact) mass is 449 g/mol. The Morgan fingerprint density at radius 1 is 1.18 bits per heavy atom. The molecule has 1 fully saturated rings. The van der Waals surface area contributed by atoms with Gasteiger partial charge in [0, 0.05) is 18.1 Å². The third-order valence-electron chi connectivity index (χ3n) is 5.82. The second-order valence-electron chi connectivity index (χ2n) is 8.42. The zero-order valence-corrected chi connectivity index (χ0v) is 18.5. The van der Waals surface area contributed by atoms with Crippen LogP contribution in [-0.4, -0.2) is 43.2 Å². The summed E-state index contributed by atoms with van der Waals surface area (Å²) in [5.74, 6) is 0.787. The fourth-order valence-corrected chi connectivity index (χ4v) is 3.93. The molecule has 2 N–H and O–H groups in total. The Morgan fingerprint density at radius 2 is 1.97 bits per heavy atom. The number of hydrogen-bond acceptors (Lipinski definition) is 6. The minimum absolute atomic E-state index is 0.109. The van der Waals surface area contributed by atoms with Crippen molar-refractivity contribution >= 4 is 28.9 Å². The van der Waals surface area contributed by atoms with E-state index in [0.29, 0.717) is 24.0 Å². The van der Waals surface area contributed by atoms with Gasteiger partial charge in [0.25, 0.3) is 0 Å². The van der Waals surface area contributed by atoms with Crippen molar-refractivity contribution in [1.29, 1.82) is 0 Å². The van der Waals surface area contributed by atoms with E-state index in [2.05, 4.69) is 25.3 Å². The van der Waals surface area contributed by atoms with Gasteiger partial charge in [-0.15, -0.1) is 0 Å². The smallest absolute Gasteiger partial charge is 0.415 e. The molecule has 1 aliphatic heterocycles. The van der Waals surface area contributed by atoms with Crippen molar-refractivity contribution in [2.75, 3.05) is 16.8 Å². The molecule has 9 nitrogen and oxygen atoms in total. The molecule has 0 spiro atoms. The number of amides is 1. The van der Waals surface area contributed by atoms with Crippen LogP contribution in [0.25, 0.3) is 16.7 Å². The van der Waals surface area contributed by atoms with E-state index >= 15 is 0 Å². The van der Waals surface area contributed by atoms with Crippen LogP contribution in [0.1, 0.15) is 32.5 Å². The number of cyclic esters (lactones) is 1. The quantitative estimate of drug-likeness (QED) is 0.451. The Labute approximate surface area is 189 Å². The molecule has 1 saturated heterocycles. The molecule has 2 atom stereocenters. The molecule has 1 aliphatic rings. The highest BCUT2D eigenvalue weighted by atomic mass is 19.1. The molecule has 33 heavy (non-hydrogen) atoms. The van der Waals surface area contributed by atoms with Gasteiger partial charge >= 0.3 is 6.09 Å². The molecule has 4 aromatic rings. The summed E-state index contributed by atoms with van der Waals surface area (Å²) in [4.78, 5) is 31.0. The maximum absolute atomic E-state index is 13.2. The van der Waals surface area contributed by atoms with Gasteiger partial charge in [0.2, 0.25) is 5.95 Å². The molecule has 3 aromatic heterocycles. The van der Waals surface area contributed by atoms with Crippen LogP contribution < -0.4 is 10.2 Å². The van der Waals surface area contributed by atoms with Gasteiger partial charge in [0.1, 0.15) is 18.1 Å². The van der Waals surface area contributed by atoms with E-state index in [-0.39, 0.29) is 23.8 Å². The highest BCUT2D eigenvalue weighted by molar-refractivity contribution is 5.99. The molecule has 0 aliphatic carbocycles. The van der Waals surface area contributed by atoms with E-state index < -0.39 is 6.09 Å². The lowest BCUT2D eigenvalue weighted by Gasteiger charge is -2.24. The number of rotatable bonds is 6. The van der Waals surface area contributed by atoms with E-state index in [0.717, 1.165) is 16.8 Å². The van der Waals surface area contributed by atoms with Crippen LogP contribution in [0.2, 0.25) is 0 Å². The summed E-state index contributed by atoms with van der Waals surface area (Å²) >= 11 is 0. The number of carbonyl (C=O) groups excluding carboxylic acids is 1. The average molecular weight is 449 g/mol. The van der Waals surface area contributed by atoms with Crippen molar-refractivity contribution in [2.45, 2.75) is 32.9 Å². The molecule has 0 unspecified atom stereocenters. The number of aromatic amines is 1. The summed E-state index contributed by atoms with van der Waals surface area (Å²) in [6.07, 6.45) is 4.90. The van der Waals surface area contributed by atoms with E-state index in [1.807, 2.05) is 37.6 Å². The lowest BCUT2D eigenvalue weighted by molar-refractivity contribution is 0.177. The molecular formula is C23H24FN7O2. The fourth-order valence-electron chi connectivity index (χ4n) is 3.93. The van der Waals surface area contributed by atoms with Gasteiger partial charge < -0.3 is 19.6 Å². The van der Waals surface area contributed by atoms with Crippen LogP contribution in [0.4, 0.5) is 21.0 Å². The second kappa shape index (κ2) is 8.19. The largest absolute Gasteiger partial charge is 0.447 e. The number of anilines is 2. The number of carbonyl (C=O) groups is 1. The van der Waals surface area contributed by atoms with Crippen molar-refractivity contribution in [3.8, 4) is 5.69 Å². The minimum Gasteiger partial charge on any atom is -0.447 e. The van der Waals surface area contributed by atoms with Crippen LogP contribution in [0.3, 0.4) is 0 Å². The molecule has 0 bridgehead atoms. The molecule has 10 heteroatoms. The third kappa shape index (κ3) is 3.88. The van der Waals surface area contributed by atoms with Crippen LogP contribution in [0.5, 0.6) is 0 Å². The number of H-pyrrole nitrogens is 1. The fraction of sp³-hybridized carbons (Fsp3) is 0.304. The first-order chi connectivity index (χ1) is 15.9. The number of ether oxygens (including phenoxy) is 1. The van der Waals surface area contributed by atoms with Crippen LogP contribution in [0.15, 0.2) is 49.1 Å². The van der Waals surface area contributed by atoms with E-state index in [1.54, 1.807) is 29.6 Å². The number of benzene rings is 1. The number of imidazole rings is 1. The lowest BCUT2D eigenvalue weighted by Crippen LogP contribution is -2.38. The standard InChI is InChI=1S/C23H24FN7O2/c1-13(2)19-11-33-23(32)31(19)21-17-8-9-25-20(17)28-22(29-21)27-14(3)18-10-30(12-26-18)16-6-4-15(24)5-7-16/h4-10,12-14,19H,11H2,1-3H3,(H2,25,27,28,29)/t14-,19+/m0/s1. The van der Waals surface area contributed by atoms with Crippen LogP contribution in [0, 0.1) is 11.7 Å². The SMILES string of the molecule is CC(C)[C@H]1COC(=O)N1c1nc(N[C@@H](C)c2cn(-c3ccc(F)cc3)cn2)nc2[nH]ccc12. The Bertz CT molecular complexity index is 1300. The van der Waals surface area contributed by atoms with Crippen molar-refractivity contribution in [2.24, 2.45) is 5.92 Å². The van der Waals surface area contributed by atoms with Crippen LogP contribution in [-0.2, 0) is 4.74 Å². The number of fused-ring (bicyclic) bond motifs is 1. The van der Waals surface area contributed by atoms with Crippen molar-refractivity contribution in [1.82, 2.24) is 24.5 Å². The lowest BCUT2D eigenvalue weighted by atomic mass is 10.0. The molecule has 0 saturated carbocycles. The topological polar surface area (TPSA) is 101 Å². The Kier molecular flexibility index (Phi) is 5.20. The number of aromatic nitrogens is 5. The first-order valence-electron chi connectivity index (χ1n) is 10.8. The minimum atomic E-state index is -0.410. The normalized spacial score (nSPS) is 17.1. The number of nitrogens with zero attached hydrogens (tertiary/aromatic N) is 5. The maximum atomic E-state index is 13.2. The summed E-state index contributed by atoms with van der Waals surface area (Å²) in [7, 11) is 0. The highest BCUT2D eigenvalue weighted by Gasteiger charge is 2.38. The predicted molar refractivity (Wildman–Crippen MR) is 122 cm³/mol. The summed E-state index contributed by atoms with van der Waals surface area (Å²) in [6, 6.07) is 7.71. The summed E-state index contributed by atoms with van der Waals surface area (Å²) in [5, 5.41) is 4.03. The van der Waals surface area contributed by atoms with E-state index in [4.69, 9.17) is 4.74 Å². The maximum Gasteiger partial charge on any atom is 0.415 e. The van der Waals surface area contributed by atoms with Crippen molar-refractivity contribution in [3.05, 3.63) is 60.6 Å². The predicted octanol–water partition coefficient (Wildman–Crippen LogP) is 4.44. The first-order valence-corrected chi connectivity index (χ1v) is 10.8. The van der Waals surface area contributed by atoms with Gasteiger partial charge in [0.05, 0.1) is 29.5 Å². The molecule has 0 radical (unpaired) electrons. The third-order valence-corrected chi connectivity index (χ3v) is 5.82. The molecule has 1 aromatic carbocycles. The molecule has 4 heterocycles. The molecule has 170 valence electrons. The zero-order chi connectivity index (χ0) is 23.1.